The highest BCUT2D eigenvalue weighted by molar-refractivity contribution is 14.0. The predicted molar refractivity (Wildman–Crippen MR) is 116 cm³/mol. The number of fused-ring (bicyclic) bond motifs is 1. The van der Waals surface area contributed by atoms with Crippen LogP contribution in [-0.4, -0.2) is 52.8 Å². The highest BCUT2D eigenvalue weighted by Gasteiger charge is 2.17. The maximum Gasteiger partial charge on any atom is 0.231 e. The third kappa shape index (κ3) is 7.85. The van der Waals surface area contributed by atoms with Crippen LogP contribution in [0.1, 0.15) is 18.9 Å². The van der Waals surface area contributed by atoms with Gasteiger partial charge in [0.15, 0.2) is 17.5 Å². The molecule has 1 aliphatic rings. The summed E-state index contributed by atoms with van der Waals surface area (Å²) in [4.78, 5) is 4.61. The summed E-state index contributed by atoms with van der Waals surface area (Å²) >= 11 is 3.51. The maximum atomic E-state index is 5.44. The van der Waals surface area contributed by atoms with E-state index in [9.17, 15) is 0 Å². The van der Waals surface area contributed by atoms with Crippen LogP contribution in [0.15, 0.2) is 21.6 Å². The van der Waals surface area contributed by atoms with Crippen molar-refractivity contribution in [3.8, 4) is 11.5 Å². The molecule has 0 bridgehead atoms. The molecular weight excluding hydrogens is 517 g/mol. The standard InChI is InChI=1S/C17H26BrN3O4.HI/c1-3-19-17(20-5-4-6-23-8-7-22-2)21-11-13-9-14(18)16-15(10-13)24-12-25-16;/h9-10H,3-8,11-12H2,1-2H3,(H2,19,20,21);1H. The van der Waals surface area contributed by atoms with Gasteiger partial charge in [-0.1, -0.05) is 0 Å². The quantitative estimate of drug-likeness (QED) is 0.205. The van der Waals surface area contributed by atoms with E-state index in [4.69, 9.17) is 18.9 Å². The van der Waals surface area contributed by atoms with Gasteiger partial charge in [0, 0.05) is 26.8 Å². The monoisotopic (exact) mass is 543 g/mol. The Hall–Kier alpha value is -0.780. The van der Waals surface area contributed by atoms with Gasteiger partial charge in [0.2, 0.25) is 6.79 Å². The topological polar surface area (TPSA) is 73.3 Å². The zero-order valence-corrected chi connectivity index (χ0v) is 19.1. The second kappa shape index (κ2) is 13.4. The molecule has 0 spiro atoms. The molecule has 0 radical (unpaired) electrons. The number of hydrogen-bond donors (Lipinski definition) is 2. The van der Waals surface area contributed by atoms with Crippen LogP contribution in [0.3, 0.4) is 0 Å². The third-order valence-corrected chi connectivity index (χ3v) is 4.03. The largest absolute Gasteiger partial charge is 0.454 e. The fraction of sp³-hybridized carbons (Fsp3) is 0.588. The van der Waals surface area contributed by atoms with E-state index in [-0.39, 0.29) is 30.8 Å². The van der Waals surface area contributed by atoms with Gasteiger partial charge in [-0.15, -0.1) is 24.0 Å². The molecular formula is C17H27BrIN3O4. The molecule has 1 heterocycles. The van der Waals surface area contributed by atoms with Crippen molar-refractivity contribution in [2.45, 2.75) is 19.9 Å². The Kier molecular flexibility index (Phi) is 12.0. The van der Waals surface area contributed by atoms with Gasteiger partial charge in [-0.2, -0.15) is 0 Å². The molecule has 148 valence electrons. The van der Waals surface area contributed by atoms with Crippen LogP contribution in [0, 0.1) is 0 Å². The summed E-state index contributed by atoms with van der Waals surface area (Å²) in [5.41, 5.74) is 1.05. The number of benzene rings is 1. The molecule has 0 amide bonds. The van der Waals surface area contributed by atoms with Crippen molar-refractivity contribution in [2.24, 2.45) is 4.99 Å². The van der Waals surface area contributed by atoms with Crippen molar-refractivity contribution < 1.29 is 18.9 Å². The van der Waals surface area contributed by atoms with E-state index in [1.54, 1.807) is 7.11 Å². The number of nitrogens with zero attached hydrogens (tertiary/aromatic N) is 1. The van der Waals surface area contributed by atoms with Crippen LogP contribution in [0.4, 0.5) is 0 Å². The number of rotatable bonds is 10. The Balaban J connectivity index is 0.00000338. The average molecular weight is 544 g/mol. The molecule has 1 aromatic rings. The van der Waals surface area contributed by atoms with E-state index in [2.05, 4.69) is 31.6 Å². The van der Waals surface area contributed by atoms with Crippen molar-refractivity contribution in [3.05, 3.63) is 22.2 Å². The fourth-order valence-electron chi connectivity index (χ4n) is 2.25. The number of guanidine groups is 1. The first kappa shape index (κ1) is 23.3. The van der Waals surface area contributed by atoms with E-state index in [1.807, 2.05) is 19.1 Å². The minimum absolute atomic E-state index is 0. The van der Waals surface area contributed by atoms with Crippen LogP contribution in [0.2, 0.25) is 0 Å². The second-order valence-electron chi connectivity index (χ2n) is 5.39. The summed E-state index contributed by atoms with van der Waals surface area (Å²) in [5.74, 6) is 2.30. The van der Waals surface area contributed by atoms with Gasteiger partial charge in [-0.25, -0.2) is 4.99 Å². The predicted octanol–water partition coefficient (Wildman–Crippen LogP) is 2.90. The Labute approximate surface area is 180 Å². The smallest absolute Gasteiger partial charge is 0.231 e. The molecule has 2 N–H and O–H groups in total. The van der Waals surface area contributed by atoms with Crippen LogP contribution in [0.5, 0.6) is 11.5 Å². The summed E-state index contributed by atoms with van der Waals surface area (Å²) in [6.07, 6.45) is 0.906. The van der Waals surface area contributed by atoms with Gasteiger partial charge in [0.1, 0.15) is 0 Å². The Bertz CT molecular complexity index is 575. The van der Waals surface area contributed by atoms with Crippen LogP contribution in [0.25, 0.3) is 0 Å². The van der Waals surface area contributed by atoms with Gasteiger partial charge < -0.3 is 29.6 Å². The Morgan fingerprint density at radius 1 is 1.23 bits per heavy atom. The van der Waals surface area contributed by atoms with E-state index >= 15 is 0 Å². The lowest BCUT2D eigenvalue weighted by Gasteiger charge is -2.11. The lowest BCUT2D eigenvalue weighted by molar-refractivity contribution is 0.0698. The first-order valence-electron chi connectivity index (χ1n) is 8.41. The molecule has 1 aliphatic heterocycles. The molecule has 7 nitrogen and oxygen atoms in total. The molecule has 1 aromatic carbocycles. The molecule has 0 saturated carbocycles. The number of halogens is 2. The first-order valence-corrected chi connectivity index (χ1v) is 9.20. The molecule has 26 heavy (non-hydrogen) atoms. The number of ether oxygens (including phenoxy) is 4. The molecule has 2 rings (SSSR count). The number of hydrogen-bond acceptors (Lipinski definition) is 5. The maximum absolute atomic E-state index is 5.44. The van der Waals surface area contributed by atoms with Gasteiger partial charge in [0.05, 0.1) is 24.2 Å². The lowest BCUT2D eigenvalue weighted by atomic mass is 10.2. The zero-order valence-electron chi connectivity index (χ0n) is 15.2. The average Bonchev–Trinajstić information content (AvgIpc) is 3.08. The summed E-state index contributed by atoms with van der Waals surface area (Å²) in [6.45, 7) is 6.41. The highest BCUT2D eigenvalue weighted by Crippen LogP contribution is 2.40. The van der Waals surface area contributed by atoms with E-state index in [1.165, 1.54) is 0 Å². The third-order valence-electron chi connectivity index (χ3n) is 3.44. The molecule has 9 heteroatoms. The van der Waals surface area contributed by atoms with Crippen LogP contribution >= 0.6 is 39.9 Å². The van der Waals surface area contributed by atoms with Gasteiger partial charge in [-0.3, -0.25) is 0 Å². The van der Waals surface area contributed by atoms with Crippen molar-refractivity contribution >= 4 is 45.9 Å². The van der Waals surface area contributed by atoms with Crippen LogP contribution in [-0.2, 0) is 16.0 Å². The second-order valence-corrected chi connectivity index (χ2v) is 6.25. The fourth-order valence-corrected chi connectivity index (χ4v) is 2.85. The van der Waals surface area contributed by atoms with Crippen molar-refractivity contribution in [1.29, 1.82) is 0 Å². The van der Waals surface area contributed by atoms with E-state index < -0.39 is 0 Å². The highest BCUT2D eigenvalue weighted by atomic mass is 127. The lowest BCUT2D eigenvalue weighted by Crippen LogP contribution is -2.38. The van der Waals surface area contributed by atoms with Crippen molar-refractivity contribution in [1.82, 2.24) is 10.6 Å². The summed E-state index contributed by atoms with van der Waals surface area (Å²) < 4.78 is 22.1. The first-order chi connectivity index (χ1) is 12.2. The Morgan fingerprint density at radius 3 is 2.85 bits per heavy atom. The molecule has 0 saturated heterocycles. The molecule has 0 unspecified atom stereocenters. The van der Waals surface area contributed by atoms with E-state index in [0.717, 1.165) is 47.0 Å². The normalized spacial score (nSPS) is 12.7. The zero-order chi connectivity index (χ0) is 17.9. The summed E-state index contributed by atoms with van der Waals surface area (Å²) in [7, 11) is 1.67. The van der Waals surface area contributed by atoms with E-state index in [0.29, 0.717) is 26.4 Å². The number of methoxy groups -OCH3 is 1. The van der Waals surface area contributed by atoms with Gasteiger partial charge in [0.25, 0.3) is 0 Å². The van der Waals surface area contributed by atoms with Gasteiger partial charge in [-0.05, 0) is 47.0 Å². The SMILES string of the molecule is CCNC(=NCc1cc(Br)c2c(c1)OCO2)NCCCOCCOC.I. The molecule has 0 aromatic heterocycles. The van der Waals surface area contributed by atoms with Crippen molar-refractivity contribution in [2.75, 3.05) is 46.8 Å². The number of nitrogens with one attached hydrogen (secondary N) is 2. The minimum Gasteiger partial charge on any atom is -0.454 e. The van der Waals surface area contributed by atoms with Crippen LogP contribution < -0.4 is 20.1 Å². The van der Waals surface area contributed by atoms with Gasteiger partial charge >= 0.3 is 0 Å². The molecule has 0 aliphatic carbocycles. The Morgan fingerprint density at radius 2 is 2.08 bits per heavy atom. The minimum atomic E-state index is 0. The molecule has 0 fully saturated rings. The molecule has 0 atom stereocenters. The number of aliphatic imine (C=N–C) groups is 1. The summed E-state index contributed by atoms with van der Waals surface area (Å²) in [6, 6.07) is 3.97. The summed E-state index contributed by atoms with van der Waals surface area (Å²) in [5, 5.41) is 6.55. The van der Waals surface area contributed by atoms with Crippen molar-refractivity contribution in [3.63, 3.8) is 0 Å².